The molecule has 3 nitrogen and oxygen atoms in total. The molecule has 1 aliphatic rings. The van der Waals surface area contributed by atoms with Crippen LogP contribution in [0.15, 0.2) is 6.20 Å². The fraction of sp³-hybridized carbons (Fsp3) is 0.800. The van der Waals surface area contributed by atoms with Gasteiger partial charge in [-0.15, -0.1) is 11.3 Å². The molecule has 1 saturated carbocycles. The fourth-order valence-corrected chi connectivity index (χ4v) is 3.86. The maximum atomic E-state index is 4.65. The van der Waals surface area contributed by atoms with Crippen LogP contribution in [0.25, 0.3) is 0 Å². The molecule has 1 aromatic heterocycles. The molecular formula is C15H27N3S. The van der Waals surface area contributed by atoms with E-state index in [1.807, 2.05) is 17.5 Å². The first-order chi connectivity index (χ1) is 9.35. The van der Waals surface area contributed by atoms with E-state index in [4.69, 9.17) is 0 Å². The molecule has 0 atom stereocenters. The highest BCUT2D eigenvalue weighted by atomic mass is 32.1. The van der Waals surface area contributed by atoms with Crippen molar-refractivity contribution >= 4 is 16.5 Å². The van der Waals surface area contributed by atoms with Crippen molar-refractivity contribution in [3.63, 3.8) is 0 Å². The Kier molecular flexibility index (Phi) is 6.11. The molecule has 1 heterocycles. The summed E-state index contributed by atoms with van der Waals surface area (Å²) in [5, 5.41) is 4.68. The minimum atomic E-state index is 0.723. The van der Waals surface area contributed by atoms with Crippen molar-refractivity contribution in [2.24, 2.45) is 0 Å². The van der Waals surface area contributed by atoms with Crippen molar-refractivity contribution in [2.75, 3.05) is 18.0 Å². The molecular weight excluding hydrogens is 254 g/mol. The first-order valence-electron chi connectivity index (χ1n) is 7.77. The maximum Gasteiger partial charge on any atom is 0.185 e. The Labute approximate surface area is 121 Å². The van der Waals surface area contributed by atoms with Gasteiger partial charge in [-0.1, -0.05) is 26.2 Å². The third-order valence-corrected chi connectivity index (χ3v) is 4.90. The van der Waals surface area contributed by atoms with Crippen LogP contribution in [-0.4, -0.2) is 24.1 Å². The van der Waals surface area contributed by atoms with Crippen LogP contribution in [0.3, 0.4) is 0 Å². The van der Waals surface area contributed by atoms with Gasteiger partial charge in [0.25, 0.3) is 0 Å². The Morgan fingerprint density at radius 1 is 1.32 bits per heavy atom. The second kappa shape index (κ2) is 7.85. The molecule has 2 rings (SSSR count). The van der Waals surface area contributed by atoms with E-state index in [1.54, 1.807) is 0 Å². The highest BCUT2D eigenvalue weighted by Crippen LogP contribution is 2.30. The van der Waals surface area contributed by atoms with Gasteiger partial charge in [0.2, 0.25) is 0 Å². The van der Waals surface area contributed by atoms with Crippen molar-refractivity contribution < 1.29 is 0 Å². The van der Waals surface area contributed by atoms with Crippen LogP contribution in [0.2, 0.25) is 0 Å². The Hall–Kier alpha value is -0.610. The molecule has 1 aromatic rings. The minimum Gasteiger partial charge on any atom is -0.345 e. The van der Waals surface area contributed by atoms with Gasteiger partial charge in [-0.3, -0.25) is 0 Å². The third kappa shape index (κ3) is 4.18. The molecule has 1 aliphatic carbocycles. The Morgan fingerprint density at radius 2 is 2.11 bits per heavy atom. The zero-order valence-electron chi connectivity index (χ0n) is 12.3. The van der Waals surface area contributed by atoms with Crippen LogP contribution in [0.4, 0.5) is 5.13 Å². The maximum absolute atomic E-state index is 4.65. The SMILES string of the molecule is CCCNCc1cnc(N(CC)C2CCCCC2)s1. The van der Waals surface area contributed by atoms with E-state index in [-0.39, 0.29) is 0 Å². The van der Waals surface area contributed by atoms with Gasteiger partial charge in [0.1, 0.15) is 0 Å². The van der Waals surface area contributed by atoms with E-state index in [0.29, 0.717) is 0 Å². The Balaban J connectivity index is 1.94. The molecule has 108 valence electrons. The van der Waals surface area contributed by atoms with Crippen LogP contribution in [0.1, 0.15) is 57.2 Å². The average molecular weight is 281 g/mol. The molecule has 19 heavy (non-hydrogen) atoms. The van der Waals surface area contributed by atoms with Crippen LogP contribution < -0.4 is 10.2 Å². The zero-order valence-corrected chi connectivity index (χ0v) is 13.1. The lowest BCUT2D eigenvalue weighted by molar-refractivity contribution is 0.418. The summed E-state index contributed by atoms with van der Waals surface area (Å²) in [5.74, 6) is 0. The standard InChI is InChI=1S/C15H27N3S/c1-3-10-16-11-14-12-17-15(19-14)18(4-2)13-8-6-5-7-9-13/h12-13,16H,3-11H2,1-2H3. The van der Waals surface area contributed by atoms with E-state index in [0.717, 1.165) is 25.7 Å². The van der Waals surface area contributed by atoms with Crippen molar-refractivity contribution in [3.8, 4) is 0 Å². The minimum absolute atomic E-state index is 0.723. The summed E-state index contributed by atoms with van der Waals surface area (Å²) >= 11 is 1.86. The predicted octanol–water partition coefficient (Wildman–Crippen LogP) is 3.80. The summed E-state index contributed by atoms with van der Waals surface area (Å²) in [7, 11) is 0. The van der Waals surface area contributed by atoms with Gasteiger partial charge < -0.3 is 10.2 Å². The van der Waals surface area contributed by atoms with Gasteiger partial charge in [0, 0.05) is 30.2 Å². The number of rotatable bonds is 7. The largest absolute Gasteiger partial charge is 0.345 e. The van der Waals surface area contributed by atoms with Crippen LogP contribution >= 0.6 is 11.3 Å². The first-order valence-corrected chi connectivity index (χ1v) is 8.58. The molecule has 0 aliphatic heterocycles. The summed E-state index contributed by atoms with van der Waals surface area (Å²) < 4.78 is 0. The Morgan fingerprint density at radius 3 is 2.79 bits per heavy atom. The number of aromatic nitrogens is 1. The summed E-state index contributed by atoms with van der Waals surface area (Å²) in [6.45, 7) is 7.60. The highest BCUT2D eigenvalue weighted by Gasteiger charge is 2.22. The number of hydrogen-bond acceptors (Lipinski definition) is 4. The fourth-order valence-electron chi connectivity index (χ4n) is 2.84. The molecule has 4 heteroatoms. The summed E-state index contributed by atoms with van der Waals surface area (Å²) in [6, 6.07) is 0.723. The van der Waals surface area contributed by atoms with Crippen LogP contribution in [-0.2, 0) is 6.54 Å². The molecule has 0 radical (unpaired) electrons. The van der Waals surface area contributed by atoms with Crippen LogP contribution in [0, 0.1) is 0 Å². The lowest BCUT2D eigenvalue weighted by Gasteiger charge is -2.33. The quantitative estimate of drug-likeness (QED) is 0.771. The van der Waals surface area contributed by atoms with Gasteiger partial charge >= 0.3 is 0 Å². The van der Waals surface area contributed by atoms with Crippen molar-refractivity contribution in [3.05, 3.63) is 11.1 Å². The molecule has 0 aromatic carbocycles. The molecule has 0 amide bonds. The van der Waals surface area contributed by atoms with Gasteiger partial charge in [0.15, 0.2) is 5.13 Å². The van der Waals surface area contributed by atoms with Crippen molar-refractivity contribution in [1.82, 2.24) is 10.3 Å². The number of thiazole rings is 1. The molecule has 0 unspecified atom stereocenters. The monoisotopic (exact) mass is 281 g/mol. The van der Waals surface area contributed by atoms with Crippen molar-refractivity contribution in [1.29, 1.82) is 0 Å². The summed E-state index contributed by atoms with van der Waals surface area (Å²) in [6.07, 6.45) is 10.1. The van der Waals surface area contributed by atoms with Crippen molar-refractivity contribution in [2.45, 2.75) is 65.0 Å². The topological polar surface area (TPSA) is 28.2 Å². The Bertz CT molecular complexity index is 358. The average Bonchev–Trinajstić information content (AvgIpc) is 2.90. The van der Waals surface area contributed by atoms with Crippen LogP contribution in [0.5, 0.6) is 0 Å². The van der Waals surface area contributed by atoms with E-state index >= 15 is 0 Å². The van der Waals surface area contributed by atoms with Gasteiger partial charge in [-0.25, -0.2) is 4.98 Å². The molecule has 1 N–H and O–H groups in total. The molecule has 0 saturated heterocycles. The smallest absolute Gasteiger partial charge is 0.185 e. The summed E-state index contributed by atoms with van der Waals surface area (Å²) in [4.78, 5) is 8.53. The second-order valence-corrected chi connectivity index (χ2v) is 6.46. The van der Waals surface area contributed by atoms with Gasteiger partial charge in [-0.2, -0.15) is 0 Å². The third-order valence-electron chi connectivity index (χ3n) is 3.87. The number of nitrogens with zero attached hydrogens (tertiary/aromatic N) is 2. The molecule has 0 spiro atoms. The zero-order chi connectivity index (χ0) is 13.5. The lowest BCUT2D eigenvalue weighted by atomic mass is 9.94. The highest BCUT2D eigenvalue weighted by molar-refractivity contribution is 7.15. The second-order valence-electron chi connectivity index (χ2n) is 5.36. The van der Waals surface area contributed by atoms with Gasteiger partial charge in [0.05, 0.1) is 0 Å². The molecule has 0 bridgehead atoms. The predicted molar refractivity (Wildman–Crippen MR) is 84.0 cm³/mol. The number of nitrogens with one attached hydrogen (secondary N) is 1. The van der Waals surface area contributed by atoms with E-state index in [1.165, 1.54) is 48.5 Å². The first kappa shape index (κ1) is 14.8. The normalized spacial score (nSPS) is 16.7. The molecule has 1 fully saturated rings. The van der Waals surface area contributed by atoms with E-state index in [2.05, 4.69) is 29.0 Å². The van der Waals surface area contributed by atoms with E-state index < -0.39 is 0 Å². The van der Waals surface area contributed by atoms with E-state index in [9.17, 15) is 0 Å². The number of anilines is 1. The van der Waals surface area contributed by atoms with Gasteiger partial charge in [-0.05, 0) is 32.7 Å². The number of hydrogen-bond donors (Lipinski definition) is 1. The summed E-state index contributed by atoms with van der Waals surface area (Å²) in [5.41, 5.74) is 0. The lowest BCUT2D eigenvalue weighted by Crippen LogP contribution is -2.36.